The zero-order chi connectivity index (χ0) is 16.8. The molecule has 2 rings (SSSR count). The summed E-state index contributed by atoms with van der Waals surface area (Å²) in [6, 6.07) is 15.1. The Labute approximate surface area is 140 Å². The highest BCUT2D eigenvalue weighted by Crippen LogP contribution is 2.25. The first-order valence-electron chi connectivity index (χ1n) is 8.48. The van der Waals surface area contributed by atoms with E-state index >= 15 is 0 Å². The van der Waals surface area contributed by atoms with E-state index < -0.39 is 0 Å². The van der Waals surface area contributed by atoms with Crippen LogP contribution in [-0.2, 0) is 6.42 Å². The minimum Gasteiger partial charge on any atom is -0.493 e. The van der Waals surface area contributed by atoms with Crippen molar-refractivity contribution in [1.29, 1.82) is 0 Å². The summed E-state index contributed by atoms with van der Waals surface area (Å²) in [5.41, 5.74) is 11.3. The van der Waals surface area contributed by atoms with Gasteiger partial charge in [-0.1, -0.05) is 49.7 Å². The molecule has 2 aromatic rings. The summed E-state index contributed by atoms with van der Waals surface area (Å²) in [4.78, 5) is 0. The predicted molar refractivity (Wildman–Crippen MR) is 98.2 cm³/mol. The smallest absolute Gasteiger partial charge is 0.119 e. The van der Waals surface area contributed by atoms with Gasteiger partial charge in [-0.3, -0.25) is 0 Å². The fourth-order valence-electron chi connectivity index (χ4n) is 2.87. The predicted octanol–water partition coefficient (Wildman–Crippen LogP) is 4.62. The van der Waals surface area contributed by atoms with Crippen LogP contribution in [0.2, 0.25) is 0 Å². The molecule has 0 heterocycles. The van der Waals surface area contributed by atoms with Gasteiger partial charge in [0.05, 0.1) is 6.61 Å². The molecule has 124 valence electrons. The molecule has 2 heteroatoms. The summed E-state index contributed by atoms with van der Waals surface area (Å²) in [6.07, 6.45) is 0.963. The molecule has 0 aromatic heterocycles. The second kappa shape index (κ2) is 8.16. The van der Waals surface area contributed by atoms with Crippen LogP contribution in [0.3, 0.4) is 0 Å². The summed E-state index contributed by atoms with van der Waals surface area (Å²) < 4.78 is 5.75. The highest BCUT2D eigenvalue weighted by Gasteiger charge is 2.13. The summed E-state index contributed by atoms with van der Waals surface area (Å²) >= 11 is 0. The Bertz CT molecular complexity index is 616. The van der Waals surface area contributed by atoms with Crippen molar-refractivity contribution < 1.29 is 4.74 Å². The van der Waals surface area contributed by atoms with Gasteiger partial charge in [0.25, 0.3) is 0 Å². The van der Waals surface area contributed by atoms with E-state index in [1.165, 1.54) is 22.3 Å². The molecule has 0 aliphatic rings. The number of hydrogen-bond donors (Lipinski definition) is 1. The van der Waals surface area contributed by atoms with Crippen molar-refractivity contribution in [2.45, 2.75) is 40.0 Å². The minimum atomic E-state index is 0.359. The van der Waals surface area contributed by atoms with E-state index in [0.717, 1.165) is 18.8 Å². The normalized spacial score (nSPS) is 12.4. The van der Waals surface area contributed by atoms with Crippen molar-refractivity contribution >= 4 is 0 Å². The van der Waals surface area contributed by atoms with E-state index in [0.29, 0.717) is 18.4 Å². The SMILES string of the molecule is Cc1ccc(C(CN)Cc2ccc(OCC(C)C)cc2)c(C)c1. The molecule has 0 fully saturated rings. The molecule has 23 heavy (non-hydrogen) atoms. The fourth-order valence-corrected chi connectivity index (χ4v) is 2.87. The van der Waals surface area contributed by atoms with Gasteiger partial charge in [-0.15, -0.1) is 0 Å². The van der Waals surface area contributed by atoms with Crippen molar-refractivity contribution in [3.63, 3.8) is 0 Å². The van der Waals surface area contributed by atoms with Crippen LogP contribution in [0, 0.1) is 19.8 Å². The van der Waals surface area contributed by atoms with Crippen molar-refractivity contribution in [2.24, 2.45) is 11.7 Å². The van der Waals surface area contributed by atoms with Gasteiger partial charge in [0.2, 0.25) is 0 Å². The molecule has 0 aliphatic heterocycles. The second-order valence-electron chi connectivity index (χ2n) is 6.85. The third kappa shape index (κ3) is 5.11. The summed E-state index contributed by atoms with van der Waals surface area (Å²) in [7, 11) is 0. The Hall–Kier alpha value is -1.80. The Morgan fingerprint density at radius 3 is 2.26 bits per heavy atom. The lowest BCUT2D eigenvalue weighted by Crippen LogP contribution is -2.16. The number of benzene rings is 2. The van der Waals surface area contributed by atoms with Gasteiger partial charge in [0.1, 0.15) is 5.75 Å². The van der Waals surface area contributed by atoms with Crippen LogP contribution in [-0.4, -0.2) is 13.2 Å². The van der Waals surface area contributed by atoms with Crippen LogP contribution < -0.4 is 10.5 Å². The molecule has 0 spiro atoms. The zero-order valence-electron chi connectivity index (χ0n) is 14.8. The van der Waals surface area contributed by atoms with Crippen LogP contribution in [0.1, 0.15) is 42.0 Å². The molecular formula is C21H29NO. The molecule has 0 radical (unpaired) electrons. The van der Waals surface area contributed by atoms with Crippen LogP contribution in [0.4, 0.5) is 0 Å². The second-order valence-corrected chi connectivity index (χ2v) is 6.85. The van der Waals surface area contributed by atoms with Crippen molar-refractivity contribution in [3.8, 4) is 5.75 Å². The monoisotopic (exact) mass is 311 g/mol. The Kier molecular flexibility index (Phi) is 6.23. The standard InChI is InChI=1S/C21H29NO/c1-15(2)14-23-20-8-6-18(7-9-20)12-19(13-22)21-10-5-16(3)11-17(21)4/h5-11,15,19H,12-14,22H2,1-4H3. The van der Waals surface area contributed by atoms with Gasteiger partial charge in [-0.2, -0.15) is 0 Å². The van der Waals surface area contributed by atoms with E-state index in [1.54, 1.807) is 0 Å². The Morgan fingerprint density at radius 2 is 1.70 bits per heavy atom. The molecule has 0 saturated heterocycles. The highest BCUT2D eigenvalue weighted by molar-refractivity contribution is 5.35. The zero-order valence-corrected chi connectivity index (χ0v) is 14.8. The van der Waals surface area contributed by atoms with Gasteiger partial charge in [0, 0.05) is 5.92 Å². The number of hydrogen-bond acceptors (Lipinski definition) is 2. The molecule has 2 N–H and O–H groups in total. The molecule has 2 aromatic carbocycles. The topological polar surface area (TPSA) is 35.2 Å². The quantitative estimate of drug-likeness (QED) is 0.809. The average Bonchev–Trinajstić information content (AvgIpc) is 2.52. The lowest BCUT2D eigenvalue weighted by molar-refractivity contribution is 0.271. The average molecular weight is 311 g/mol. The Balaban J connectivity index is 2.06. The third-order valence-electron chi connectivity index (χ3n) is 4.14. The Morgan fingerprint density at radius 1 is 1.00 bits per heavy atom. The first kappa shape index (κ1) is 17.6. The van der Waals surface area contributed by atoms with Gasteiger partial charge in [0.15, 0.2) is 0 Å². The molecule has 0 amide bonds. The molecule has 0 aliphatic carbocycles. The maximum absolute atomic E-state index is 6.05. The summed E-state index contributed by atoms with van der Waals surface area (Å²) in [5, 5.41) is 0. The van der Waals surface area contributed by atoms with E-state index in [1.807, 2.05) is 0 Å². The van der Waals surface area contributed by atoms with E-state index in [9.17, 15) is 0 Å². The number of rotatable bonds is 7. The van der Waals surface area contributed by atoms with E-state index in [2.05, 4.69) is 70.2 Å². The van der Waals surface area contributed by atoms with Crippen LogP contribution in [0.5, 0.6) is 5.75 Å². The number of aryl methyl sites for hydroxylation is 2. The molecule has 0 bridgehead atoms. The van der Waals surface area contributed by atoms with Crippen LogP contribution in [0.25, 0.3) is 0 Å². The van der Waals surface area contributed by atoms with Crippen LogP contribution >= 0.6 is 0 Å². The lowest BCUT2D eigenvalue weighted by Gasteiger charge is -2.18. The van der Waals surface area contributed by atoms with Crippen molar-refractivity contribution in [3.05, 3.63) is 64.7 Å². The molecule has 0 saturated carbocycles. The molecule has 1 atom stereocenters. The van der Waals surface area contributed by atoms with Gasteiger partial charge < -0.3 is 10.5 Å². The van der Waals surface area contributed by atoms with Gasteiger partial charge in [-0.05, 0) is 61.6 Å². The first-order chi connectivity index (χ1) is 11.0. The van der Waals surface area contributed by atoms with Crippen molar-refractivity contribution in [2.75, 3.05) is 13.2 Å². The molecule has 2 nitrogen and oxygen atoms in total. The molecular weight excluding hydrogens is 282 g/mol. The van der Waals surface area contributed by atoms with E-state index in [4.69, 9.17) is 10.5 Å². The highest BCUT2D eigenvalue weighted by atomic mass is 16.5. The lowest BCUT2D eigenvalue weighted by atomic mass is 9.88. The van der Waals surface area contributed by atoms with Gasteiger partial charge >= 0.3 is 0 Å². The maximum Gasteiger partial charge on any atom is 0.119 e. The van der Waals surface area contributed by atoms with E-state index in [-0.39, 0.29) is 0 Å². The first-order valence-corrected chi connectivity index (χ1v) is 8.48. The number of nitrogens with two attached hydrogens (primary N) is 1. The summed E-state index contributed by atoms with van der Waals surface area (Å²) in [5.74, 6) is 1.84. The number of ether oxygens (including phenoxy) is 1. The van der Waals surface area contributed by atoms with Crippen molar-refractivity contribution in [1.82, 2.24) is 0 Å². The molecule has 1 unspecified atom stereocenters. The van der Waals surface area contributed by atoms with Crippen LogP contribution in [0.15, 0.2) is 42.5 Å². The minimum absolute atomic E-state index is 0.359. The third-order valence-corrected chi connectivity index (χ3v) is 4.14. The largest absolute Gasteiger partial charge is 0.493 e. The fraction of sp³-hybridized carbons (Fsp3) is 0.429. The maximum atomic E-state index is 6.05. The van der Waals surface area contributed by atoms with Gasteiger partial charge in [-0.25, -0.2) is 0 Å². The summed E-state index contributed by atoms with van der Waals surface area (Å²) in [6.45, 7) is 10.0.